The second-order valence-electron chi connectivity index (χ2n) is 4.64. The lowest BCUT2D eigenvalue weighted by atomic mass is 9.45. The Kier molecular flexibility index (Phi) is 1.24. The van der Waals surface area contributed by atoms with E-state index in [1.54, 1.807) is 6.08 Å². The lowest BCUT2D eigenvalue weighted by Crippen LogP contribution is -2.54. The Morgan fingerprint density at radius 3 is 2.69 bits per heavy atom. The minimum atomic E-state index is -0.0556. The predicted molar refractivity (Wildman–Crippen MR) is 51.2 cm³/mol. The lowest BCUT2D eigenvalue weighted by molar-refractivity contribution is -0.132. The molecule has 0 aromatic rings. The predicted octanol–water partition coefficient (Wildman–Crippen LogP) is 2.63. The number of ketones is 1. The number of carbonyl (C=O) groups is 1. The van der Waals surface area contributed by atoms with Crippen molar-refractivity contribution < 1.29 is 4.79 Å². The van der Waals surface area contributed by atoms with Gasteiger partial charge in [0.05, 0.1) is 5.41 Å². The van der Waals surface area contributed by atoms with E-state index in [2.05, 4.69) is 18.2 Å². The third-order valence-corrected chi connectivity index (χ3v) is 4.21. The number of hydrogen-bond donors (Lipinski definition) is 0. The van der Waals surface area contributed by atoms with Gasteiger partial charge in [0.15, 0.2) is 5.78 Å². The Hall–Kier alpha value is -0.850. The molecule has 68 valence electrons. The minimum absolute atomic E-state index is 0.0556. The number of carbonyl (C=O) groups excluding carboxylic acids is 1. The van der Waals surface area contributed by atoms with Gasteiger partial charge in [-0.15, -0.1) is 0 Å². The summed E-state index contributed by atoms with van der Waals surface area (Å²) in [5.74, 6) is 0.362. The molecule has 0 aliphatic heterocycles. The Morgan fingerprint density at radius 1 is 1.15 bits per heavy atom. The summed E-state index contributed by atoms with van der Waals surface area (Å²) in [4.78, 5) is 11.9. The molecular formula is C12H14O. The van der Waals surface area contributed by atoms with E-state index in [1.807, 2.05) is 0 Å². The maximum atomic E-state index is 11.9. The molecule has 0 amide bonds. The summed E-state index contributed by atoms with van der Waals surface area (Å²) >= 11 is 0. The Labute approximate surface area is 78.5 Å². The van der Waals surface area contributed by atoms with Gasteiger partial charge in [-0.1, -0.05) is 31.1 Å². The number of allylic oxidation sites excluding steroid dienone is 4. The van der Waals surface area contributed by atoms with Gasteiger partial charge in [-0.3, -0.25) is 4.79 Å². The molecule has 0 aromatic carbocycles. The fourth-order valence-corrected chi connectivity index (χ4v) is 3.33. The molecule has 1 nitrogen and oxygen atoms in total. The topological polar surface area (TPSA) is 17.1 Å². The zero-order valence-electron chi connectivity index (χ0n) is 7.75. The van der Waals surface area contributed by atoms with Crippen LogP contribution in [0.3, 0.4) is 0 Å². The van der Waals surface area contributed by atoms with Gasteiger partial charge >= 0.3 is 0 Å². The van der Waals surface area contributed by atoms with Crippen molar-refractivity contribution in [2.45, 2.75) is 32.1 Å². The van der Waals surface area contributed by atoms with E-state index < -0.39 is 0 Å². The second-order valence-corrected chi connectivity index (χ2v) is 4.64. The summed E-state index contributed by atoms with van der Waals surface area (Å²) in [6.45, 7) is 0. The molecule has 0 saturated heterocycles. The van der Waals surface area contributed by atoms with Crippen molar-refractivity contribution in [3.8, 4) is 0 Å². The fourth-order valence-electron chi connectivity index (χ4n) is 3.33. The first-order valence-electron chi connectivity index (χ1n) is 5.21. The highest BCUT2D eigenvalue weighted by Crippen LogP contribution is 2.63. The fraction of sp³-hybridized carbons (Fsp3) is 0.583. The van der Waals surface area contributed by atoms with Crippen molar-refractivity contribution >= 4 is 5.78 Å². The molecule has 0 aromatic heterocycles. The van der Waals surface area contributed by atoms with E-state index in [-0.39, 0.29) is 10.8 Å². The Bertz CT molecular complexity index is 326. The summed E-state index contributed by atoms with van der Waals surface area (Å²) in [5, 5.41) is 0. The monoisotopic (exact) mass is 174 g/mol. The van der Waals surface area contributed by atoms with Crippen LogP contribution in [-0.2, 0) is 4.79 Å². The molecule has 3 rings (SSSR count). The molecule has 2 atom stereocenters. The third kappa shape index (κ3) is 0.676. The average Bonchev–Trinajstić information content (AvgIpc) is 2.11. The number of hydrogen-bond acceptors (Lipinski definition) is 1. The van der Waals surface area contributed by atoms with E-state index in [0.717, 1.165) is 12.8 Å². The Morgan fingerprint density at radius 2 is 2.00 bits per heavy atom. The van der Waals surface area contributed by atoms with Crippen LogP contribution in [0, 0.1) is 10.8 Å². The maximum absolute atomic E-state index is 11.9. The van der Waals surface area contributed by atoms with Gasteiger partial charge in [0.2, 0.25) is 0 Å². The molecule has 3 aliphatic rings. The van der Waals surface area contributed by atoms with E-state index >= 15 is 0 Å². The first-order valence-corrected chi connectivity index (χ1v) is 5.21. The zero-order chi connectivity index (χ0) is 8.94. The molecule has 1 saturated carbocycles. The van der Waals surface area contributed by atoms with E-state index in [9.17, 15) is 4.79 Å². The van der Waals surface area contributed by atoms with E-state index in [0.29, 0.717) is 5.78 Å². The highest BCUT2D eigenvalue weighted by atomic mass is 16.1. The highest BCUT2D eigenvalue weighted by molar-refractivity contribution is 5.99. The van der Waals surface area contributed by atoms with Crippen molar-refractivity contribution in [2.75, 3.05) is 0 Å². The molecule has 1 fully saturated rings. The first kappa shape index (κ1) is 7.54. The van der Waals surface area contributed by atoms with Gasteiger partial charge in [0.25, 0.3) is 0 Å². The van der Waals surface area contributed by atoms with Crippen molar-refractivity contribution in [3.05, 3.63) is 24.3 Å². The van der Waals surface area contributed by atoms with Crippen LogP contribution in [0.15, 0.2) is 24.3 Å². The minimum Gasteiger partial charge on any atom is -0.294 e. The molecular weight excluding hydrogens is 160 g/mol. The Balaban J connectivity index is 2.12. The van der Waals surface area contributed by atoms with Crippen LogP contribution in [0.5, 0.6) is 0 Å². The van der Waals surface area contributed by atoms with Crippen molar-refractivity contribution in [1.29, 1.82) is 0 Å². The third-order valence-electron chi connectivity index (χ3n) is 4.21. The van der Waals surface area contributed by atoms with Crippen LogP contribution < -0.4 is 0 Å². The van der Waals surface area contributed by atoms with Crippen molar-refractivity contribution in [3.63, 3.8) is 0 Å². The van der Waals surface area contributed by atoms with Gasteiger partial charge in [0, 0.05) is 5.41 Å². The van der Waals surface area contributed by atoms with Gasteiger partial charge in [-0.05, 0) is 25.3 Å². The summed E-state index contributed by atoms with van der Waals surface area (Å²) < 4.78 is 0. The van der Waals surface area contributed by atoms with E-state index in [1.165, 1.54) is 19.3 Å². The van der Waals surface area contributed by atoms with Gasteiger partial charge in [-0.2, -0.15) is 0 Å². The molecule has 0 spiro atoms. The molecule has 13 heavy (non-hydrogen) atoms. The van der Waals surface area contributed by atoms with Crippen LogP contribution in [0.1, 0.15) is 32.1 Å². The van der Waals surface area contributed by atoms with Crippen molar-refractivity contribution in [2.24, 2.45) is 10.8 Å². The smallest absolute Gasteiger partial charge is 0.166 e. The largest absolute Gasteiger partial charge is 0.294 e. The quantitative estimate of drug-likeness (QED) is 0.516. The standard InChI is InChI=1S/C12H14O/c13-10-4-3-6-11-5-1-2-7-12(10,11)9-8-11/h3-4,8-9H,1-2,5-7H2. The summed E-state index contributed by atoms with van der Waals surface area (Å²) in [6, 6.07) is 0. The maximum Gasteiger partial charge on any atom is 0.166 e. The summed E-state index contributed by atoms with van der Waals surface area (Å²) in [6.07, 6.45) is 14.2. The summed E-state index contributed by atoms with van der Waals surface area (Å²) in [5.41, 5.74) is 0.192. The van der Waals surface area contributed by atoms with Crippen LogP contribution in [0.25, 0.3) is 0 Å². The molecule has 3 aliphatic carbocycles. The van der Waals surface area contributed by atoms with Crippen LogP contribution in [0.2, 0.25) is 0 Å². The molecule has 0 radical (unpaired) electrons. The first-order chi connectivity index (χ1) is 6.29. The van der Waals surface area contributed by atoms with Gasteiger partial charge in [-0.25, -0.2) is 0 Å². The number of rotatable bonds is 0. The van der Waals surface area contributed by atoms with E-state index in [4.69, 9.17) is 0 Å². The van der Waals surface area contributed by atoms with Gasteiger partial charge < -0.3 is 0 Å². The lowest BCUT2D eigenvalue weighted by Gasteiger charge is -2.57. The van der Waals surface area contributed by atoms with Crippen LogP contribution in [0.4, 0.5) is 0 Å². The van der Waals surface area contributed by atoms with Crippen molar-refractivity contribution in [1.82, 2.24) is 0 Å². The highest BCUT2D eigenvalue weighted by Gasteiger charge is 2.59. The zero-order valence-corrected chi connectivity index (χ0v) is 7.75. The normalized spacial score (nSPS) is 46.6. The molecule has 2 unspecified atom stereocenters. The molecule has 0 N–H and O–H groups in total. The van der Waals surface area contributed by atoms with Crippen LogP contribution >= 0.6 is 0 Å². The SMILES string of the molecule is O=C1C=CCC23C=CC12CCCC3. The second kappa shape index (κ2) is 2.14. The summed E-state index contributed by atoms with van der Waals surface area (Å²) in [7, 11) is 0. The van der Waals surface area contributed by atoms with Crippen LogP contribution in [-0.4, -0.2) is 5.78 Å². The molecule has 0 bridgehead atoms. The molecule has 0 heterocycles. The molecule has 1 heteroatoms. The average molecular weight is 174 g/mol. The van der Waals surface area contributed by atoms with Gasteiger partial charge in [0.1, 0.15) is 0 Å².